The molecule has 37 heavy (non-hydrogen) atoms. The lowest BCUT2D eigenvalue weighted by molar-refractivity contribution is -0.122. The highest BCUT2D eigenvalue weighted by Crippen LogP contribution is 2.35. The maximum atomic E-state index is 13.7. The molecule has 0 heterocycles. The highest BCUT2D eigenvalue weighted by molar-refractivity contribution is 9.10. The zero-order valence-electron chi connectivity index (χ0n) is 20.0. The molecule has 0 aliphatic carbocycles. The van der Waals surface area contributed by atoms with Gasteiger partial charge in [-0.2, -0.15) is 0 Å². The third kappa shape index (κ3) is 6.04. The van der Waals surface area contributed by atoms with E-state index in [1.54, 1.807) is 24.3 Å². The van der Waals surface area contributed by atoms with Gasteiger partial charge >= 0.3 is 0 Å². The third-order valence-corrected chi connectivity index (χ3v) is 6.53. The Hall–Kier alpha value is -4.01. The van der Waals surface area contributed by atoms with Crippen molar-refractivity contribution < 1.29 is 14.4 Å². The molecule has 0 aromatic heterocycles. The number of carbonyl (C=O) groups is 3. The Labute approximate surface area is 223 Å². The SMILES string of the molecule is NCCNC(=O)C(Cc1ccccc1)NC(=O)c1cc(Br)ccc1-c1c(C(N)=O)ccc2ccccc12. The van der Waals surface area contributed by atoms with Crippen molar-refractivity contribution in [3.8, 4) is 11.1 Å². The predicted molar refractivity (Wildman–Crippen MR) is 149 cm³/mol. The van der Waals surface area contributed by atoms with E-state index in [-0.39, 0.29) is 12.5 Å². The van der Waals surface area contributed by atoms with Crippen LogP contribution >= 0.6 is 15.9 Å². The molecule has 0 radical (unpaired) electrons. The van der Waals surface area contributed by atoms with Crippen molar-refractivity contribution in [2.24, 2.45) is 11.5 Å². The largest absolute Gasteiger partial charge is 0.366 e. The second kappa shape index (κ2) is 11.8. The average Bonchev–Trinajstić information content (AvgIpc) is 2.91. The molecule has 4 aromatic carbocycles. The quantitative estimate of drug-likeness (QED) is 0.249. The summed E-state index contributed by atoms with van der Waals surface area (Å²) in [5.74, 6) is -1.39. The molecule has 0 saturated carbocycles. The molecule has 6 N–H and O–H groups in total. The van der Waals surface area contributed by atoms with Crippen LogP contribution in [-0.2, 0) is 11.2 Å². The average molecular weight is 559 g/mol. The Balaban J connectivity index is 1.78. The van der Waals surface area contributed by atoms with Crippen molar-refractivity contribution >= 4 is 44.4 Å². The van der Waals surface area contributed by atoms with E-state index in [2.05, 4.69) is 26.6 Å². The van der Waals surface area contributed by atoms with Gasteiger partial charge in [0.25, 0.3) is 5.91 Å². The first-order valence-electron chi connectivity index (χ1n) is 11.8. The van der Waals surface area contributed by atoms with E-state index in [1.165, 1.54) is 0 Å². The third-order valence-electron chi connectivity index (χ3n) is 6.04. The van der Waals surface area contributed by atoms with Gasteiger partial charge in [-0.05, 0) is 40.1 Å². The Morgan fingerprint density at radius 1 is 0.865 bits per heavy atom. The number of halogens is 1. The summed E-state index contributed by atoms with van der Waals surface area (Å²) in [5, 5.41) is 7.35. The molecule has 0 fully saturated rings. The van der Waals surface area contributed by atoms with Crippen LogP contribution in [0.3, 0.4) is 0 Å². The second-order valence-electron chi connectivity index (χ2n) is 8.56. The van der Waals surface area contributed by atoms with Gasteiger partial charge in [0.05, 0.1) is 0 Å². The summed E-state index contributed by atoms with van der Waals surface area (Å²) < 4.78 is 0.675. The predicted octanol–water partition coefficient (Wildman–Crippen LogP) is 3.78. The van der Waals surface area contributed by atoms with Crippen LogP contribution in [0.4, 0.5) is 0 Å². The number of hydrogen-bond donors (Lipinski definition) is 4. The molecule has 1 atom stereocenters. The number of fused-ring (bicyclic) bond motifs is 1. The molecule has 8 heteroatoms. The summed E-state index contributed by atoms with van der Waals surface area (Å²) in [6.07, 6.45) is 0.299. The van der Waals surface area contributed by atoms with Gasteiger partial charge in [0.2, 0.25) is 11.8 Å². The molecule has 4 aromatic rings. The maximum Gasteiger partial charge on any atom is 0.252 e. The standard InChI is InChI=1S/C29H27BrN4O3/c30-20-11-13-22(26-21-9-5-4-8-19(21)10-12-23(26)27(32)35)24(17-20)28(36)34-25(29(37)33-15-14-31)16-18-6-2-1-3-7-18/h1-13,17,25H,14-16,31H2,(H2,32,35)(H,33,37)(H,34,36). The Kier molecular flexibility index (Phi) is 8.32. The normalized spacial score (nSPS) is 11.6. The van der Waals surface area contributed by atoms with Crippen molar-refractivity contribution in [1.29, 1.82) is 0 Å². The molecule has 0 bridgehead atoms. The summed E-state index contributed by atoms with van der Waals surface area (Å²) in [6.45, 7) is 0.574. The van der Waals surface area contributed by atoms with E-state index in [0.29, 0.717) is 39.7 Å². The number of benzene rings is 4. The molecule has 0 aliphatic rings. The number of carbonyl (C=O) groups excluding carboxylic acids is 3. The molecule has 0 spiro atoms. The summed E-state index contributed by atoms with van der Waals surface area (Å²) in [7, 11) is 0. The highest BCUT2D eigenvalue weighted by atomic mass is 79.9. The fourth-order valence-corrected chi connectivity index (χ4v) is 4.66. The van der Waals surface area contributed by atoms with Gasteiger partial charge in [-0.1, -0.05) is 82.7 Å². The molecule has 0 saturated heterocycles. The molecular formula is C29H27BrN4O3. The first kappa shape index (κ1) is 26.1. The van der Waals surface area contributed by atoms with Gasteiger partial charge < -0.3 is 22.1 Å². The fraction of sp³-hybridized carbons (Fsp3) is 0.138. The Morgan fingerprint density at radius 3 is 2.32 bits per heavy atom. The van der Waals surface area contributed by atoms with Gasteiger partial charge in [0.15, 0.2) is 0 Å². The summed E-state index contributed by atoms with van der Waals surface area (Å²) in [6, 6.07) is 24.9. The zero-order chi connectivity index (χ0) is 26.4. The lowest BCUT2D eigenvalue weighted by atomic mass is 9.90. The monoisotopic (exact) mass is 558 g/mol. The van der Waals surface area contributed by atoms with E-state index in [0.717, 1.165) is 16.3 Å². The van der Waals surface area contributed by atoms with Crippen LogP contribution in [0.25, 0.3) is 21.9 Å². The first-order valence-corrected chi connectivity index (χ1v) is 12.6. The van der Waals surface area contributed by atoms with Gasteiger partial charge in [-0.3, -0.25) is 14.4 Å². The van der Waals surface area contributed by atoms with Crippen LogP contribution in [-0.4, -0.2) is 36.9 Å². The zero-order valence-corrected chi connectivity index (χ0v) is 21.6. The number of amides is 3. The van der Waals surface area contributed by atoms with Crippen molar-refractivity contribution in [3.63, 3.8) is 0 Å². The van der Waals surface area contributed by atoms with Crippen molar-refractivity contribution in [2.75, 3.05) is 13.1 Å². The van der Waals surface area contributed by atoms with Crippen molar-refractivity contribution in [1.82, 2.24) is 10.6 Å². The summed E-state index contributed by atoms with van der Waals surface area (Å²) in [4.78, 5) is 39.1. The molecular weight excluding hydrogens is 532 g/mol. The van der Waals surface area contributed by atoms with Crippen LogP contribution in [0.15, 0.2) is 89.4 Å². The van der Waals surface area contributed by atoms with Crippen LogP contribution in [0.1, 0.15) is 26.3 Å². The van der Waals surface area contributed by atoms with Crippen LogP contribution in [0, 0.1) is 0 Å². The first-order chi connectivity index (χ1) is 17.9. The van der Waals surface area contributed by atoms with E-state index in [1.807, 2.05) is 60.7 Å². The number of nitrogens with one attached hydrogen (secondary N) is 2. The fourth-order valence-electron chi connectivity index (χ4n) is 4.30. The second-order valence-corrected chi connectivity index (χ2v) is 9.47. The maximum absolute atomic E-state index is 13.7. The van der Waals surface area contributed by atoms with Crippen molar-refractivity contribution in [3.05, 3.63) is 106 Å². The van der Waals surface area contributed by atoms with E-state index in [4.69, 9.17) is 11.5 Å². The van der Waals surface area contributed by atoms with Crippen LogP contribution in [0.5, 0.6) is 0 Å². The van der Waals surface area contributed by atoms with Crippen molar-refractivity contribution in [2.45, 2.75) is 12.5 Å². The van der Waals surface area contributed by atoms with Gasteiger partial charge in [-0.15, -0.1) is 0 Å². The smallest absolute Gasteiger partial charge is 0.252 e. The molecule has 0 aliphatic heterocycles. The lowest BCUT2D eigenvalue weighted by Crippen LogP contribution is -2.49. The lowest BCUT2D eigenvalue weighted by Gasteiger charge is -2.21. The van der Waals surface area contributed by atoms with E-state index in [9.17, 15) is 14.4 Å². The van der Waals surface area contributed by atoms with E-state index < -0.39 is 17.9 Å². The minimum Gasteiger partial charge on any atom is -0.366 e. The number of hydrogen-bond acceptors (Lipinski definition) is 4. The minimum atomic E-state index is -0.837. The molecule has 3 amide bonds. The molecule has 4 rings (SSSR count). The topological polar surface area (TPSA) is 127 Å². The Bertz CT molecular complexity index is 1460. The van der Waals surface area contributed by atoms with Crippen LogP contribution in [0.2, 0.25) is 0 Å². The van der Waals surface area contributed by atoms with Gasteiger partial charge in [0, 0.05) is 40.7 Å². The van der Waals surface area contributed by atoms with Gasteiger partial charge in [-0.25, -0.2) is 0 Å². The summed E-state index contributed by atoms with van der Waals surface area (Å²) in [5.41, 5.74) is 13.9. The minimum absolute atomic E-state index is 0.282. The Morgan fingerprint density at radius 2 is 1.59 bits per heavy atom. The van der Waals surface area contributed by atoms with Crippen LogP contribution < -0.4 is 22.1 Å². The van der Waals surface area contributed by atoms with E-state index >= 15 is 0 Å². The summed E-state index contributed by atoms with van der Waals surface area (Å²) >= 11 is 3.45. The van der Waals surface area contributed by atoms with Gasteiger partial charge in [0.1, 0.15) is 6.04 Å². The highest BCUT2D eigenvalue weighted by Gasteiger charge is 2.25. The molecule has 7 nitrogen and oxygen atoms in total. The molecule has 1 unspecified atom stereocenters. The number of primary amides is 1. The molecule has 188 valence electrons. The number of nitrogens with two attached hydrogens (primary N) is 2. The number of rotatable bonds is 9.